The van der Waals surface area contributed by atoms with Gasteiger partial charge in [-0.2, -0.15) is 0 Å². The summed E-state index contributed by atoms with van der Waals surface area (Å²) in [6.45, 7) is 0.816. The Morgan fingerprint density at radius 2 is 2.60 bits per heavy atom. The van der Waals surface area contributed by atoms with Gasteiger partial charge in [0.2, 0.25) is 0 Å². The standard InChI is InChI=1S/C7H9NO2/c1-9-5-2-3-8-7(5)6-4-10-6/h2-3,6,8H,4H2,1H3. The molecule has 1 fully saturated rings. The van der Waals surface area contributed by atoms with E-state index in [1.54, 1.807) is 7.11 Å². The number of aromatic nitrogens is 1. The van der Waals surface area contributed by atoms with Gasteiger partial charge in [0.25, 0.3) is 0 Å². The number of hydrogen-bond acceptors (Lipinski definition) is 2. The molecule has 0 radical (unpaired) electrons. The lowest BCUT2D eigenvalue weighted by Crippen LogP contribution is -1.86. The maximum Gasteiger partial charge on any atom is 0.142 e. The van der Waals surface area contributed by atoms with Crippen molar-refractivity contribution in [3.63, 3.8) is 0 Å². The number of epoxide rings is 1. The number of nitrogens with one attached hydrogen (secondary N) is 1. The molecule has 1 aromatic heterocycles. The molecule has 2 heterocycles. The molecule has 2 rings (SSSR count). The highest BCUT2D eigenvalue weighted by Crippen LogP contribution is 2.34. The second kappa shape index (κ2) is 2.02. The minimum absolute atomic E-state index is 0.255. The third kappa shape index (κ3) is 0.789. The number of ether oxygens (including phenoxy) is 2. The molecular weight excluding hydrogens is 130 g/mol. The fourth-order valence-electron chi connectivity index (χ4n) is 1.01. The van der Waals surface area contributed by atoms with E-state index in [0.29, 0.717) is 0 Å². The molecule has 0 aromatic carbocycles. The normalized spacial score (nSPS) is 22.7. The van der Waals surface area contributed by atoms with Crippen molar-refractivity contribution in [1.29, 1.82) is 0 Å². The SMILES string of the molecule is COc1cc[nH]c1C1CO1. The lowest BCUT2D eigenvalue weighted by Gasteiger charge is -1.96. The average Bonchev–Trinajstić information content (AvgIpc) is 2.69. The minimum Gasteiger partial charge on any atom is -0.495 e. The van der Waals surface area contributed by atoms with Gasteiger partial charge in [-0.3, -0.25) is 0 Å². The smallest absolute Gasteiger partial charge is 0.142 e. The van der Waals surface area contributed by atoms with E-state index in [0.717, 1.165) is 18.1 Å². The van der Waals surface area contributed by atoms with Crippen LogP contribution in [0.3, 0.4) is 0 Å². The Morgan fingerprint density at radius 1 is 1.80 bits per heavy atom. The zero-order chi connectivity index (χ0) is 6.97. The topological polar surface area (TPSA) is 37.5 Å². The highest BCUT2D eigenvalue weighted by molar-refractivity contribution is 5.31. The van der Waals surface area contributed by atoms with Crippen molar-refractivity contribution in [2.45, 2.75) is 6.10 Å². The molecule has 1 N–H and O–H groups in total. The predicted molar refractivity (Wildman–Crippen MR) is 36.0 cm³/mol. The first-order chi connectivity index (χ1) is 4.92. The van der Waals surface area contributed by atoms with Crippen LogP contribution in [0, 0.1) is 0 Å². The van der Waals surface area contributed by atoms with Gasteiger partial charge in [-0.05, 0) is 6.07 Å². The summed E-state index contributed by atoms with van der Waals surface area (Å²) < 4.78 is 10.2. The van der Waals surface area contributed by atoms with E-state index >= 15 is 0 Å². The zero-order valence-corrected chi connectivity index (χ0v) is 5.76. The Morgan fingerprint density at radius 3 is 3.20 bits per heavy atom. The van der Waals surface area contributed by atoms with Gasteiger partial charge in [-0.15, -0.1) is 0 Å². The number of rotatable bonds is 2. The van der Waals surface area contributed by atoms with Crippen molar-refractivity contribution in [2.24, 2.45) is 0 Å². The summed E-state index contributed by atoms with van der Waals surface area (Å²) in [6, 6.07) is 1.90. The largest absolute Gasteiger partial charge is 0.495 e. The molecule has 1 saturated heterocycles. The highest BCUT2D eigenvalue weighted by atomic mass is 16.6. The Balaban J connectivity index is 2.28. The monoisotopic (exact) mass is 139 g/mol. The molecule has 0 amide bonds. The summed E-state index contributed by atoms with van der Waals surface area (Å²) in [5.74, 6) is 0.891. The molecule has 0 saturated carbocycles. The lowest BCUT2D eigenvalue weighted by atomic mass is 10.3. The van der Waals surface area contributed by atoms with Crippen molar-refractivity contribution >= 4 is 0 Å². The van der Waals surface area contributed by atoms with Crippen LogP contribution in [-0.2, 0) is 4.74 Å². The Kier molecular flexibility index (Phi) is 1.17. The third-order valence-corrected chi connectivity index (χ3v) is 1.61. The summed E-state index contributed by atoms with van der Waals surface area (Å²) >= 11 is 0. The summed E-state index contributed by atoms with van der Waals surface area (Å²) in [7, 11) is 1.66. The molecule has 1 atom stereocenters. The van der Waals surface area contributed by atoms with Crippen LogP contribution in [0.25, 0.3) is 0 Å². The molecular formula is C7H9NO2. The average molecular weight is 139 g/mol. The van der Waals surface area contributed by atoms with Crippen molar-refractivity contribution in [1.82, 2.24) is 4.98 Å². The quantitative estimate of drug-likeness (QED) is 0.623. The molecule has 10 heavy (non-hydrogen) atoms. The zero-order valence-electron chi connectivity index (χ0n) is 5.76. The van der Waals surface area contributed by atoms with Crippen LogP contribution in [0.1, 0.15) is 11.8 Å². The molecule has 1 aliphatic rings. The number of H-pyrrole nitrogens is 1. The Hall–Kier alpha value is -0.960. The van der Waals surface area contributed by atoms with Crippen LogP contribution in [-0.4, -0.2) is 18.7 Å². The van der Waals surface area contributed by atoms with Gasteiger partial charge < -0.3 is 14.5 Å². The Labute approximate surface area is 59.0 Å². The second-order valence-electron chi connectivity index (χ2n) is 2.28. The van der Waals surface area contributed by atoms with Crippen molar-refractivity contribution in [3.05, 3.63) is 18.0 Å². The molecule has 1 aromatic rings. The first-order valence-electron chi connectivity index (χ1n) is 3.24. The summed E-state index contributed by atoms with van der Waals surface area (Å²) in [4.78, 5) is 3.07. The van der Waals surface area contributed by atoms with Gasteiger partial charge in [0.05, 0.1) is 19.4 Å². The number of hydrogen-bond donors (Lipinski definition) is 1. The van der Waals surface area contributed by atoms with E-state index in [9.17, 15) is 0 Å². The Bertz CT molecular complexity index is 227. The summed E-state index contributed by atoms with van der Waals surface area (Å²) in [5, 5.41) is 0. The van der Waals surface area contributed by atoms with E-state index in [1.165, 1.54) is 0 Å². The minimum atomic E-state index is 0.255. The van der Waals surface area contributed by atoms with Crippen molar-refractivity contribution in [3.8, 4) is 5.75 Å². The second-order valence-corrected chi connectivity index (χ2v) is 2.28. The van der Waals surface area contributed by atoms with Gasteiger partial charge in [0.15, 0.2) is 0 Å². The number of methoxy groups -OCH3 is 1. The van der Waals surface area contributed by atoms with Gasteiger partial charge in [-0.1, -0.05) is 0 Å². The van der Waals surface area contributed by atoms with E-state index in [1.807, 2.05) is 12.3 Å². The van der Waals surface area contributed by atoms with Crippen molar-refractivity contribution < 1.29 is 9.47 Å². The van der Waals surface area contributed by atoms with Crippen molar-refractivity contribution in [2.75, 3.05) is 13.7 Å². The maximum absolute atomic E-state index is 5.08. The van der Waals surface area contributed by atoms with Gasteiger partial charge in [0.1, 0.15) is 11.9 Å². The van der Waals surface area contributed by atoms with Crippen LogP contribution < -0.4 is 4.74 Å². The van der Waals surface area contributed by atoms with Gasteiger partial charge in [0, 0.05) is 6.20 Å². The van der Waals surface area contributed by atoms with E-state index in [2.05, 4.69) is 4.98 Å². The molecule has 0 spiro atoms. The maximum atomic E-state index is 5.08. The van der Waals surface area contributed by atoms with E-state index in [-0.39, 0.29) is 6.10 Å². The summed E-state index contributed by atoms with van der Waals surface area (Å²) in [6.07, 6.45) is 2.11. The molecule has 0 aliphatic carbocycles. The van der Waals surface area contributed by atoms with Gasteiger partial charge in [-0.25, -0.2) is 0 Å². The molecule has 1 unspecified atom stereocenters. The fourth-order valence-corrected chi connectivity index (χ4v) is 1.01. The number of aromatic amines is 1. The van der Waals surface area contributed by atoms with Gasteiger partial charge >= 0.3 is 0 Å². The lowest BCUT2D eigenvalue weighted by molar-refractivity contribution is 0.381. The highest BCUT2D eigenvalue weighted by Gasteiger charge is 2.28. The third-order valence-electron chi connectivity index (χ3n) is 1.61. The first-order valence-corrected chi connectivity index (χ1v) is 3.24. The fraction of sp³-hybridized carbons (Fsp3) is 0.429. The predicted octanol–water partition coefficient (Wildman–Crippen LogP) is 1.09. The van der Waals surface area contributed by atoms with Crippen LogP contribution in [0.2, 0.25) is 0 Å². The molecule has 0 bridgehead atoms. The van der Waals surface area contributed by atoms with Crippen LogP contribution >= 0.6 is 0 Å². The molecule has 54 valence electrons. The molecule has 3 nitrogen and oxygen atoms in total. The van der Waals surface area contributed by atoms with E-state index < -0.39 is 0 Å². The van der Waals surface area contributed by atoms with Crippen LogP contribution in [0.5, 0.6) is 5.75 Å². The molecule has 1 aliphatic heterocycles. The van der Waals surface area contributed by atoms with Crippen LogP contribution in [0.15, 0.2) is 12.3 Å². The van der Waals surface area contributed by atoms with E-state index in [4.69, 9.17) is 9.47 Å². The first kappa shape index (κ1) is 5.80. The molecule has 3 heteroatoms. The van der Waals surface area contributed by atoms with Crippen LogP contribution in [0.4, 0.5) is 0 Å². The summed E-state index contributed by atoms with van der Waals surface area (Å²) in [5.41, 5.74) is 1.06.